The van der Waals surface area contributed by atoms with Crippen molar-refractivity contribution in [3.8, 4) is 0 Å². The minimum Gasteiger partial charge on any atom is -0.385 e. The second kappa shape index (κ2) is 5.05. The summed E-state index contributed by atoms with van der Waals surface area (Å²) in [6, 6.07) is 6.47. The average Bonchev–Trinajstić information content (AvgIpc) is 2.28. The van der Waals surface area contributed by atoms with Crippen LogP contribution in [0, 0.1) is 25.7 Å². The lowest BCUT2D eigenvalue weighted by Crippen LogP contribution is -2.41. The van der Waals surface area contributed by atoms with E-state index in [2.05, 4.69) is 45.9 Å². The third-order valence-corrected chi connectivity index (χ3v) is 4.59. The molecule has 1 aliphatic carbocycles. The Hall–Kier alpha value is -0.820. The lowest BCUT2D eigenvalue weighted by atomic mass is 9.66. The van der Waals surface area contributed by atoms with Crippen LogP contribution in [0.3, 0.4) is 0 Å². The van der Waals surface area contributed by atoms with E-state index in [1.807, 2.05) is 0 Å². The SMILES string of the molecule is Cc1ccc(C2(O)CCCCC2C(C)C)c(C)c1. The summed E-state index contributed by atoms with van der Waals surface area (Å²) < 4.78 is 0. The van der Waals surface area contributed by atoms with Gasteiger partial charge in [0, 0.05) is 0 Å². The van der Waals surface area contributed by atoms with Gasteiger partial charge in [-0.3, -0.25) is 0 Å². The van der Waals surface area contributed by atoms with Crippen molar-refractivity contribution in [2.24, 2.45) is 11.8 Å². The molecule has 1 aliphatic rings. The monoisotopic (exact) mass is 246 g/mol. The molecular weight excluding hydrogens is 220 g/mol. The Balaban J connectivity index is 2.43. The zero-order valence-corrected chi connectivity index (χ0v) is 12.2. The summed E-state index contributed by atoms with van der Waals surface area (Å²) in [5, 5.41) is 11.2. The first kappa shape index (κ1) is 13.6. The molecule has 2 rings (SSSR count). The maximum absolute atomic E-state index is 11.2. The Kier molecular flexibility index (Phi) is 3.82. The first-order valence-electron chi connectivity index (χ1n) is 7.25. The molecule has 1 nitrogen and oxygen atoms in total. The minimum absolute atomic E-state index is 0.396. The molecule has 0 spiro atoms. The Morgan fingerprint density at radius 3 is 2.56 bits per heavy atom. The maximum Gasteiger partial charge on any atom is 0.0929 e. The second-order valence-corrected chi connectivity index (χ2v) is 6.34. The molecule has 100 valence electrons. The van der Waals surface area contributed by atoms with Gasteiger partial charge in [-0.2, -0.15) is 0 Å². The molecule has 0 amide bonds. The molecule has 1 N–H and O–H groups in total. The highest BCUT2D eigenvalue weighted by molar-refractivity contribution is 5.35. The highest BCUT2D eigenvalue weighted by atomic mass is 16.3. The summed E-state index contributed by atoms with van der Waals surface area (Å²) in [5.74, 6) is 0.934. The fraction of sp³-hybridized carbons (Fsp3) is 0.647. The van der Waals surface area contributed by atoms with Crippen LogP contribution in [0.25, 0.3) is 0 Å². The number of rotatable bonds is 2. The zero-order valence-electron chi connectivity index (χ0n) is 12.2. The zero-order chi connectivity index (χ0) is 13.3. The predicted octanol–water partition coefficient (Wildman–Crippen LogP) is 4.34. The van der Waals surface area contributed by atoms with Gasteiger partial charge in [0.1, 0.15) is 0 Å². The van der Waals surface area contributed by atoms with Crippen molar-refractivity contribution in [3.63, 3.8) is 0 Å². The van der Waals surface area contributed by atoms with Gasteiger partial charge >= 0.3 is 0 Å². The van der Waals surface area contributed by atoms with Crippen LogP contribution >= 0.6 is 0 Å². The molecule has 0 aromatic heterocycles. The molecule has 2 unspecified atom stereocenters. The predicted molar refractivity (Wildman–Crippen MR) is 76.6 cm³/mol. The number of aryl methyl sites for hydroxylation is 2. The molecule has 1 saturated carbocycles. The molecule has 1 aromatic rings. The van der Waals surface area contributed by atoms with Crippen LogP contribution in [-0.2, 0) is 5.60 Å². The summed E-state index contributed by atoms with van der Waals surface area (Å²) in [5.41, 5.74) is 3.07. The molecule has 0 radical (unpaired) electrons. The van der Waals surface area contributed by atoms with Crippen molar-refractivity contribution < 1.29 is 5.11 Å². The quantitative estimate of drug-likeness (QED) is 0.823. The van der Waals surface area contributed by atoms with Crippen molar-refractivity contribution >= 4 is 0 Å². The topological polar surface area (TPSA) is 20.2 Å². The van der Waals surface area contributed by atoms with Gasteiger partial charge in [0.05, 0.1) is 5.60 Å². The van der Waals surface area contributed by atoms with Crippen molar-refractivity contribution in [2.75, 3.05) is 0 Å². The van der Waals surface area contributed by atoms with Crippen LogP contribution in [0.15, 0.2) is 18.2 Å². The molecular formula is C17H26O. The van der Waals surface area contributed by atoms with Crippen molar-refractivity contribution in [1.82, 2.24) is 0 Å². The molecule has 18 heavy (non-hydrogen) atoms. The molecule has 1 aromatic carbocycles. The summed E-state index contributed by atoms with van der Waals surface area (Å²) in [6.07, 6.45) is 4.48. The average molecular weight is 246 g/mol. The van der Waals surface area contributed by atoms with E-state index in [0.717, 1.165) is 24.8 Å². The molecule has 0 saturated heterocycles. The Morgan fingerprint density at radius 1 is 1.22 bits per heavy atom. The number of hydrogen-bond acceptors (Lipinski definition) is 1. The maximum atomic E-state index is 11.2. The number of hydrogen-bond donors (Lipinski definition) is 1. The van der Waals surface area contributed by atoms with Crippen LogP contribution in [-0.4, -0.2) is 5.11 Å². The van der Waals surface area contributed by atoms with Gasteiger partial charge in [-0.25, -0.2) is 0 Å². The van der Waals surface area contributed by atoms with Crippen LogP contribution in [0.2, 0.25) is 0 Å². The summed E-state index contributed by atoms with van der Waals surface area (Å²) in [7, 11) is 0. The van der Waals surface area contributed by atoms with E-state index in [-0.39, 0.29) is 0 Å². The Labute approximate surface area is 111 Å². The van der Waals surface area contributed by atoms with Crippen molar-refractivity contribution in [2.45, 2.75) is 59.0 Å². The molecule has 2 atom stereocenters. The molecule has 1 fully saturated rings. The van der Waals surface area contributed by atoms with Crippen molar-refractivity contribution in [1.29, 1.82) is 0 Å². The highest BCUT2D eigenvalue weighted by Crippen LogP contribution is 2.46. The van der Waals surface area contributed by atoms with E-state index in [1.165, 1.54) is 17.5 Å². The van der Waals surface area contributed by atoms with Crippen LogP contribution in [0.4, 0.5) is 0 Å². The first-order valence-corrected chi connectivity index (χ1v) is 7.25. The van der Waals surface area contributed by atoms with Gasteiger partial charge in [-0.15, -0.1) is 0 Å². The van der Waals surface area contributed by atoms with E-state index in [1.54, 1.807) is 0 Å². The van der Waals surface area contributed by atoms with Gasteiger partial charge in [-0.05, 0) is 49.7 Å². The fourth-order valence-corrected chi connectivity index (χ4v) is 3.70. The standard InChI is InChI=1S/C17H26O/c1-12(2)15-7-5-6-10-17(15,18)16-9-8-13(3)11-14(16)4/h8-9,11-12,15,18H,5-7,10H2,1-4H3. The van der Waals surface area contributed by atoms with E-state index < -0.39 is 5.60 Å². The lowest BCUT2D eigenvalue weighted by molar-refractivity contribution is -0.0725. The third-order valence-electron chi connectivity index (χ3n) is 4.59. The summed E-state index contributed by atoms with van der Waals surface area (Å²) in [4.78, 5) is 0. The molecule has 1 heteroatoms. The second-order valence-electron chi connectivity index (χ2n) is 6.34. The van der Waals surface area contributed by atoms with Crippen LogP contribution in [0.5, 0.6) is 0 Å². The number of benzene rings is 1. The van der Waals surface area contributed by atoms with E-state index in [4.69, 9.17) is 0 Å². The van der Waals surface area contributed by atoms with E-state index in [0.29, 0.717) is 11.8 Å². The van der Waals surface area contributed by atoms with Gasteiger partial charge < -0.3 is 5.11 Å². The first-order chi connectivity index (χ1) is 8.45. The van der Waals surface area contributed by atoms with Gasteiger partial charge in [0.25, 0.3) is 0 Å². The largest absolute Gasteiger partial charge is 0.385 e. The lowest BCUT2D eigenvalue weighted by Gasteiger charge is -2.43. The van der Waals surface area contributed by atoms with E-state index in [9.17, 15) is 5.11 Å². The van der Waals surface area contributed by atoms with Gasteiger partial charge in [0.15, 0.2) is 0 Å². The smallest absolute Gasteiger partial charge is 0.0929 e. The van der Waals surface area contributed by atoms with E-state index >= 15 is 0 Å². The van der Waals surface area contributed by atoms with Crippen LogP contribution < -0.4 is 0 Å². The fourth-order valence-electron chi connectivity index (χ4n) is 3.70. The van der Waals surface area contributed by atoms with Gasteiger partial charge in [-0.1, -0.05) is 50.5 Å². The Morgan fingerprint density at radius 2 is 1.94 bits per heavy atom. The Bertz CT molecular complexity index is 422. The highest BCUT2D eigenvalue weighted by Gasteiger charge is 2.42. The third kappa shape index (κ3) is 2.33. The molecule has 0 heterocycles. The minimum atomic E-state index is -0.607. The van der Waals surface area contributed by atoms with Crippen molar-refractivity contribution in [3.05, 3.63) is 34.9 Å². The summed E-state index contributed by atoms with van der Waals surface area (Å²) in [6.45, 7) is 8.73. The summed E-state index contributed by atoms with van der Waals surface area (Å²) >= 11 is 0. The molecule has 0 aliphatic heterocycles. The normalized spacial score (nSPS) is 28.7. The van der Waals surface area contributed by atoms with Crippen LogP contribution in [0.1, 0.15) is 56.2 Å². The van der Waals surface area contributed by atoms with Gasteiger partial charge in [0.2, 0.25) is 0 Å². The molecule has 0 bridgehead atoms. The number of aliphatic hydroxyl groups is 1.